The van der Waals surface area contributed by atoms with Crippen LogP contribution in [-0.4, -0.2) is 24.7 Å². The lowest BCUT2D eigenvalue weighted by atomic mass is 10.1. The maximum absolute atomic E-state index is 3.58. The van der Waals surface area contributed by atoms with Gasteiger partial charge < -0.3 is 10.6 Å². The molecule has 0 aromatic carbocycles. The van der Waals surface area contributed by atoms with Crippen molar-refractivity contribution in [3.63, 3.8) is 0 Å². The first-order valence-electron chi connectivity index (χ1n) is 7.44. The maximum atomic E-state index is 3.58. The SMILES string of the molecule is CCCCCCCCNC(C)CNC(C)(C)C. The Morgan fingerprint density at radius 2 is 1.53 bits per heavy atom. The van der Waals surface area contributed by atoms with Gasteiger partial charge in [0.2, 0.25) is 0 Å². The normalized spacial score (nSPS) is 13.9. The molecule has 2 N–H and O–H groups in total. The monoisotopic (exact) mass is 242 g/mol. The largest absolute Gasteiger partial charge is 0.313 e. The second-order valence-electron chi connectivity index (χ2n) is 6.25. The van der Waals surface area contributed by atoms with Gasteiger partial charge in [-0.25, -0.2) is 0 Å². The average Bonchev–Trinajstić information content (AvgIpc) is 2.24. The van der Waals surface area contributed by atoms with Crippen LogP contribution in [-0.2, 0) is 0 Å². The number of hydrogen-bond acceptors (Lipinski definition) is 2. The van der Waals surface area contributed by atoms with Crippen molar-refractivity contribution in [2.75, 3.05) is 13.1 Å². The summed E-state index contributed by atoms with van der Waals surface area (Å²) in [5.74, 6) is 0. The molecule has 0 saturated carbocycles. The van der Waals surface area contributed by atoms with Gasteiger partial charge in [0, 0.05) is 18.1 Å². The van der Waals surface area contributed by atoms with E-state index in [2.05, 4.69) is 45.3 Å². The topological polar surface area (TPSA) is 24.1 Å². The number of hydrogen-bond donors (Lipinski definition) is 2. The van der Waals surface area contributed by atoms with Gasteiger partial charge in [-0.3, -0.25) is 0 Å². The molecule has 104 valence electrons. The Morgan fingerprint density at radius 1 is 0.941 bits per heavy atom. The molecule has 1 atom stereocenters. The minimum Gasteiger partial charge on any atom is -0.313 e. The third-order valence-electron chi connectivity index (χ3n) is 2.96. The van der Waals surface area contributed by atoms with Crippen LogP contribution in [0.25, 0.3) is 0 Å². The Kier molecular flexibility index (Phi) is 9.85. The summed E-state index contributed by atoms with van der Waals surface area (Å²) in [6, 6.07) is 0.574. The zero-order valence-corrected chi connectivity index (χ0v) is 12.7. The Bertz CT molecular complexity index is 161. The smallest absolute Gasteiger partial charge is 0.0164 e. The summed E-state index contributed by atoms with van der Waals surface area (Å²) >= 11 is 0. The molecule has 2 heteroatoms. The summed E-state index contributed by atoms with van der Waals surface area (Å²) in [4.78, 5) is 0. The van der Waals surface area contributed by atoms with Crippen LogP contribution in [0.4, 0.5) is 0 Å². The van der Waals surface area contributed by atoms with Gasteiger partial charge in [0.1, 0.15) is 0 Å². The van der Waals surface area contributed by atoms with Crippen LogP contribution in [0.2, 0.25) is 0 Å². The molecule has 0 heterocycles. The lowest BCUT2D eigenvalue weighted by Crippen LogP contribution is -2.44. The summed E-state index contributed by atoms with van der Waals surface area (Å²) in [6.45, 7) is 13.4. The predicted octanol–water partition coefficient (Wildman–Crippen LogP) is 3.71. The molecule has 0 amide bonds. The van der Waals surface area contributed by atoms with Gasteiger partial charge in [-0.15, -0.1) is 0 Å². The van der Waals surface area contributed by atoms with Gasteiger partial charge in [0.15, 0.2) is 0 Å². The van der Waals surface area contributed by atoms with Crippen LogP contribution in [0.15, 0.2) is 0 Å². The Hall–Kier alpha value is -0.0800. The Morgan fingerprint density at radius 3 is 2.12 bits per heavy atom. The van der Waals surface area contributed by atoms with E-state index in [1.807, 2.05) is 0 Å². The van der Waals surface area contributed by atoms with E-state index in [1.54, 1.807) is 0 Å². The minimum atomic E-state index is 0.232. The van der Waals surface area contributed by atoms with Crippen LogP contribution in [0.3, 0.4) is 0 Å². The van der Waals surface area contributed by atoms with Crippen molar-refractivity contribution in [2.45, 2.75) is 84.7 Å². The molecule has 0 saturated heterocycles. The quantitative estimate of drug-likeness (QED) is 0.571. The fourth-order valence-corrected chi connectivity index (χ4v) is 1.79. The molecule has 0 rings (SSSR count). The first kappa shape index (κ1) is 16.9. The highest BCUT2D eigenvalue weighted by atomic mass is 15.0. The zero-order chi connectivity index (χ0) is 13.1. The number of nitrogens with one attached hydrogen (secondary N) is 2. The molecular formula is C15H34N2. The van der Waals surface area contributed by atoms with Crippen LogP contribution >= 0.6 is 0 Å². The van der Waals surface area contributed by atoms with Gasteiger partial charge in [0.05, 0.1) is 0 Å². The number of unbranched alkanes of at least 4 members (excludes halogenated alkanes) is 5. The van der Waals surface area contributed by atoms with Gasteiger partial charge in [-0.1, -0.05) is 39.0 Å². The molecule has 0 spiro atoms. The molecular weight excluding hydrogens is 208 g/mol. The highest BCUT2D eigenvalue weighted by Gasteiger charge is 2.10. The van der Waals surface area contributed by atoms with Crippen molar-refractivity contribution >= 4 is 0 Å². The maximum Gasteiger partial charge on any atom is 0.0164 e. The molecule has 0 fully saturated rings. The Balaban J connectivity index is 3.25. The second-order valence-corrected chi connectivity index (χ2v) is 6.25. The standard InChI is InChI=1S/C15H34N2/c1-6-7-8-9-10-11-12-16-14(2)13-17-15(3,4)5/h14,16-17H,6-13H2,1-5H3. The molecule has 1 unspecified atom stereocenters. The summed E-state index contributed by atoms with van der Waals surface area (Å²) in [5.41, 5.74) is 0.232. The van der Waals surface area contributed by atoms with Crippen molar-refractivity contribution in [1.29, 1.82) is 0 Å². The van der Waals surface area contributed by atoms with Crippen molar-refractivity contribution < 1.29 is 0 Å². The third-order valence-corrected chi connectivity index (χ3v) is 2.96. The van der Waals surface area contributed by atoms with E-state index in [0.717, 1.165) is 6.54 Å². The third kappa shape index (κ3) is 13.9. The molecule has 0 bridgehead atoms. The van der Waals surface area contributed by atoms with Gasteiger partial charge in [-0.2, -0.15) is 0 Å². The summed E-state index contributed by atoms with van der Waals surface area (Å²) in [7, 11) is 0. The fraction of sp³-hybridized carbons (Fsp3) is 1.00. The van der Waals surface area contributed by atoms with Crippen molar-refractivity contribution in [1.82, 2.24) is 10.6 Å². The second kappa shape index (κ2) is 9.90. The molecule has 0 aromatic rings. The average molecular weight is 242 g/mol. The minimum absolute atomic E-state index is 0.232. The van der Waals surface area contributed by atoms with Crippen LogP contribution in [0, 0.1) is 0 Å². The molecule has 0 aliphatic heterocycles. The van der Waals surface area contributed by atoms with E-state index in [-0.39, 0.29) is 5.54 Å². The van der Waals surface area contributed by atoms with Crippen LogP contribution in [0.1, 0.15) is 73.1 Å². The molecule has 0 aliphatic rings. The van der Waals surface area contributed by atoms with E-state index in [0.29, 0.717) is 6.04 Å². The van der Waals surface area contributed by atoms with Crippen molar-refractivity contribution in [2.24, 2.45) is 0 Å². The predicted molar refractivity (Wildman–Crippen MR) is 78.6 cm³/mol. The summed E-state index contributed by atoms with van der Waals surface area (Å²) < 4.78 is 0. The highest BCUT2D eigenvalue weighted by molar-refractivity contribution is 4.74. The zero-order valence-electron chi connectivity index (χ0n) is 12.7. The van der Waals surface area contributed by atoms with E-state index in [4.69, 9.17) is 0 Å². The first-order chi connectivity index (χ1) is 7.95. The van der Waals surface area contributed by atoms with E-state index in [1.165, 1.54) is 45.1 Å². The van der Waals surface area contributed by atoms with Crippen molar-refractivity contribution in [3.05, 3.63) is 0 Å². The number of rotatable bonds is 10. The Labute approximate surface area is 109 Å². The molecule has 17 heavy (non-hydrogen) atoms. The van der Waals surface area contributed by atoms with E-state index >= 15 is 0 Å². The first-order valence-corrected chi connectivity index (χ1v) is 7.44. The molecule has 2 nitrogen and oxygen atoms in total. The molecule has 0 aliphatic carbocycles. The van der Waals surface area contributed by atoms with Gasteiger partial charge in [0.25, 0.3) is 0 Å². The summed E-state index contributed by atoms with van der Waals surface area (Å²) in [5, 5.41) is 7.11. The van der Waals surface area contributed by atoms with Gasteiger partial charge in [-0.05, 0) is 40.7 Å². The lowest BCUT2D eigenvalue weighted by molar-refractivity contribution is 0.386. The highest BCUT2D eigenvalue weighted by Crippen LogP contribution is 2.04. The van der Waals surface area contributed by atoms with Crippen LogP contribution in [0.5, 0.6) is 0 Å². The van der Waals surface area contributed by atoms with Crippen LogP contribution < -0.4 is 10.6 Å². The molecule has 0 aromatic heterocycles. The van der Waals surface area contributed by atoms with Gasteiger partial charge >= 0.3 is 0 Å². The van der Waals surface area contributed by atoms with Crippen molar-refractivity contribution in [3.8, 4) is 0 Å². The fourth-order valence-electron chi connectivity index (χ4n) is 1.79. The lowest BCUT2D eigenvalue weighted by Gasteiger charge is -2.24. The summed E-state index contributed by atoms with van der Waals surface area (Å²) in [6.07, 6.45) is 8.27. The van der Waals surface area contributed by atoms with E-state index in [9.17, 15) is 0 Å². The molecule has 0 radical (unpaired) electrons. The van der Waals surface area contributed by atoms with E-state index < -0.39 is 0 Å².